The molecule has 8 nitrogen and oxygen atoms in total. The number of allylic oxidation sites excluding steroid dienone is 5. The molecule has 5 rings (SSSR count). The van der Waals surface area contributed by atoms with Crippen molar-refractivity contribution in [3.8, 4) is 0 Å². The van der Waals surface area contributed by atoms with Crippen molar-refractivity contribution in [3.63, 3.8) is 0 Å². The fraction of sp³-hybridized carbons (Fsp3) is 0.306. The lowest BCUT2D eigenvalue weighted by atomic mass is 10.0. The van der Waals surface area contributed by atoms with Crippen LogP contribution in [0.25, 0.3) is 50.4 Å². The predicted octanol–water partition coefficient (Wildman–Crippen LogP) is 8.09. The van der Waals surface area contributed by atoms with Crippen molar-refractivity contribution in [2.75, 3.05) is 20.8 Å². The zero-order valence-electron chi connectivity index (χ0n) is 26.4. The van der Waals surface area contributed by atoms with Crippen LogP contribution in [0, 0.1) is 13.8 Å². The number of esters is 1. The van der Waals surface area contributed by atoms with Crippen LogP contribution in [0.5, 0.6) is 0 Å². The lowest BCUT2D eigenvalue weighted by molar-refractivity contribution is -0.272. The number of H-pyrrole nitrogens is 2. The molecule has 0 atom stereocenters. The zero-order chi connectivity index (χ0) is 31.5. The molecule has 0 aromatic carbocycles. The summed E-state index contributed by atoms with van der Waals surface area (Å²) in [6.07, 6.45) is 6.07. The van der Waals surface area contributed by atoms with E-state index in [1.165, 1.54) is 14.2 Å². The SMILES string of the molecule is C=CC1=C(C)c2cc3[nH]c(cc4nc(cc5[nH]c(cc1n2)c(C)c5CCC(=O)OC)C(CCCOOC)=C4C)c(C)c3C=C. The van der Waals surface area contributed by atoms with Gasteiger partial charge in [-0.25, -0.2) is 19.7 Å². The minimum Gasteiger partial charge on any atom is -0.469 e. The molecule has 5 heterocycles. The Morgan fingerprint density at radius 2 is 1.43 bits per heavy atom. The van der Waals surface area contributed by atoms with Crippen molar-refractivity contribution in [2.45, 2.75) is 53.4 Å². The summed E-state index contributed by atoms with van der Waals surface area (Å²) in [5, 5.41) is 0. The first kappa shape index (κ1) is 30.9. The highest BCUT2D eigenvalue weighted by atomic mass is 17.2. The largest absolute Gasteiger partial charge is 0.469 e. The first-order valence-corrected chi connectivity index (χ1v) is 14.8. The van der Waals surface area contributed by atoms with Crippen LogP contribution in [0.2, 0.25) is 0 Å². The summed E-state index contributed by atoms with van der Waals surface area (Å²) in [4.78, 5) is 39.6. The molecule has 2 aliphatic heterocycles. The normalized spacial score (nSPS) is 13.0. The number of nitrogens with zero attached hydrogens (tertiary/aromatic N) is 2. The third-order valence-corrected chi connectivity index (χ3v) is 8.62. The second-order valence-electron chi connectivity index (χ2n) is 11.1. The summed E-state index contributed by atoms with van der Waals surface area (Å²) >= 11 is 0. The van der Waals surface area contributed by atoms with Crippen molar-refractivity contribution in [2.24, 2.45) is 0 Å². The van der Waals surface area contributed by atoms with E-state index in [1.54, 1.807) is 0 Å². The van der Waals surface area contributed by atoms with Crippen LogP contribution in [0.4, 0.5) is 0 Å². The Labute approximate surface area is 258 Å². The van der Waals surface area contributed by atoms with Gasteiger partial charge in [-0.3, -0.25) is 4.79 Å². The highest BCUT2D eigenvalue weighted by Crippen LogP contribution is 2.36. The first-order chi connectivity index (χ1) is 21.2. The molecular formula is C36H40N4O4. The number of fused-ring (bicyclic) bond motifs is 8. The summed E-state index contributed by atoms with van der Waals surface area (Å²) in [7, 11) is 2.94. The van der Waals surface area contributed by atoms with E-state index in [9.17, 15) is 4.79 Å². The van der Waals surface area contributed by atoms with Gasteiger partial charge >= 0.3 is 5.97 Å². The molecule has 0 unspecified atom stereocenters. The molecule has 3 aromatic rings. The van der Waals surface area contributed by atoms with E-state index in [2.05, 4.69) is 75.1 Å². The number of carbonyl (C=O) groups is 1. The highest BCUT2D eigenvalue weighted by Gasteiger charge is 2.20. The van der Waals surface area contributed by atoms with Crippen molar-refractivity contribution < 1.29 is 19.3 Å². The quantitative estimate of drug-likeness (QED) is 0.107. The Morgan fingerprint density at radius 1 is 0.795 bits per heavy atom. The number of ether oxygens (including phenoxy) is 1. The third kappa shape index (κ3) is 5.83. The maximum Gasteiger partial charge on any atom is 0.305 e. The molecule has 2 aliphatic rings. The van der Waals surface area contributed by atoms with Crippen molar-refractivity contribution >= 4 is 56.4 Å². The molecule has 3 aromatic heterocycles. The number of rotatable bonds is 10. The number of carbonyl (C=O) groups excluding carboxylic acids is 1. The average Bonchev–Trinajstić information content (AvgIpc) is 3.67. The number of aromatic amines is 2. The Hall–Kier alpha value is -4.53. The number of aromatic nitrogens is 4. The minimum absolute atomic E-state index is 0.250. The van der Waals surface area contributed by atoms with Gasteiger partial charge in [0.1, 0.15) is 0 Å². The van der Waals surface area contributed by atoms with Gasteiger partial charge in [0.15, 0.2) is 0 Å². The summed E-state index contributed by atoms with van der Waals surface area (Å²) in [5.41, 5.74) is 15.7. The second-order valence-corrected chi connectivity index (χ2v) is 11.1. The number of aryl methyl sites for hydroxylation is 3. The van der Waals surface area contributed by atoms with E-state index >= 15 is 0 Å². The van der Waals surface area contributed by atoms with E-state index < -0.39 is 0 Å². The molecule has 0 saturated heterocycles. The maximum absolute atomic E-state index is 12.2. The molecule has 0 fully saturated rings. The molecule has 0 spiro atoms. The molecule has 228 valence electrons. The molecule has 8 bridgehead atoms. The number of hydrogen-bond donors (Lipinski definition) is 2. The summed E-state index contributed by atoms with van der Waals surface area (Å²) in [6, 6.07) is 8.34. The van der Waals surface area contributed by atoms with E-state index in [0.717, 1.165) is 102 Å². The van der Waals surface area contributed by atoms with Gasteiger partial charge in [-0.05, 0) is 105 Å². The number of nitrogens with one attached hydrogen (secondary N) is 2. The highest BCUT2D eigenvalue weighted by molar-refractivity contribution is 5.98. The summed E-state index contributed by atoms with van der Waals surface area (Å²) in [5.74, 6) is -0.250. The summed E-state index contributed by atoms with van der Waals surface area (Å²) in [6.45, 7) is 17.0. The third-order valence-electron chi connectivity index (χ3n) is 8.62. The van der Waals surface area contributed by atoms with Gasteiger partial charge in [0.05, 0.1) is 43.6 Å². The summed E-state index contributed by atoms with van der Waals surface area (Å²) < 4.78 is 4.96. The van der Waals surface area contributed by atoms with Gasteiger partial charge in [0, 0.05) is 39.6 Å². The lowest BCUT2D eigenvalue weighted by Gasteiger charge is -2.05. The predicted molar refractivity (Wildman–Crippen MR) is 178 cm³/mol. The van der Waals surface area contributed by atoms with Crippen LogP contribution in [0.3, 0.4) is 0 Å². The van der Waals surface area contributed by atoms with E-state index in [4.69, 9.17) is 24.5 Å². The monoisotopic (exact) mass is 592 g/mol. The topological polar surface area (TPSA) is 102 Å². The molecule has 2 N–H and O–H groups in total. The standard InChI is InChI=1S/C36H40N4O4/c1-9-24-20(3)28-16-29-22(5)26(12-11-15-44-43-8)34(39-29)19-35-27(13-14-36(41)42-7)23(6)31(40-35)18-33-25(10-2)21(4)30(38-33)17-32(24)37-28/h9-10,16-19,37,40H,1-2,11-15H2,3-8H3. The van der Waals surface area contributed by atoms with Gasteiger partial charge in [-0.2, -0.15) is 0 Å². The van der Waals surface area contributed by atoms with Gasteiger partial charge in [0.2, 0.25) is 0 Å². The van der Waals surface area contributed by atoms with Crippen LogP contribution >= 0.6 is 0 Å². The molecule has 0 radical (unpaired) electrons. The number of hydrogen-bond acceptors (Lipinski definition) is 6. The van der Waals surface area contributed by atoms with Crippen LogP contribution in [0.15, 0.2) is 43.5 Å². The van der Waals surface area contributed by atoms with Crippen molar-refractivity contribution in [1.82, 2.24) is 19.9 Å². The molecular weight excluding hydrogens is 552 g/mol. The number of methoxy groups -OCH3 is 1. The first-order valence-electron chi connectivity index (χ1n) is 14.8. The van der Waals surface area contributed by atoms with Crippen LogP contribution in [0.1, 0.15) is 78.1 Å². The van der Waals surface area contributed by atoms with Crippen molar-refractivity contribution in [1.29, 1.82) is 0 Å². The van der Waals surface area contributed by atoms with Gasteiger partial charge in [-0.1, -0.05) is 25.3 Å². The van der Waals surface area contributed by atoms with E-state index in [1.807, 2.05) is 12.2 Å². The van der Waals surface area contributed by atoms with Crippen molar-refractivity contribution in [3.05, 3.63) is 88.5 Å². The van der Waals surface area contributed by atoms with Crippen LogP contribution in [-0.4, -0.2) is 46.7 Å². The zero-order valence-corrected chi connectivity index (χ0v) is 26.4. The fourth-order valence-corrected chi connectivity index (χ4v) is 6.03. The lowest BCUT2D eigenvalue weighted by Crippen LogP contribution is -2.02. The second kappa shape index (κ2) is 13.0. The Kier molecular flexibility index (Phi) is 9.13. The maximum atomic E-state index is 12.2. The van der Waals surface area contributed by atoms with Crippen LogP contribution < -0.4 is 0 Å². The Balaban J connectivity index is 1.87. The van der Waals surface area contributed by atoms with Crippen LogP contribution in [-0.2, 0) is 25.7 Å². The van der Waals surface area contributed by atoms with Gasteiger partial charge in [-0.15, -0.1) is 0 Å². The van der Waals surface area contributed by atoms with Gasteiger partial charge < -0.3 is 14.7 Å². The molecule has 0 amide bonds. The molecule has 8 heteroatoms. The molecule has 44 heavy (non-hydrogen) atoms. The smallest absolute Gasteiger partial charge is 0.305 e. The van der Waals surface area contributed by atoms with E-state index in [0.29, 0.717) is 13.0 Å². The fourth-order valence-electron chi connectivity index (χ4n) is 6.03. The Bertz CT molecular complexity index is 1890. The van der Waals surface area contributed by atoms with E-state index in [-0.39, 0.29) is 12.4 Å². The average molecular weight is 593 g/mol. The minimum atomic E-state index is -0.250. The molecule has 0 saturated carbocycles. The Morgan fingerprint density at radius 3 is 2.14 bits per heavy atom. The van der Waals surface area contributed by atoms with Gasteiger partial charge in [0.25, 0.3) is 0 Å². The molecule has 0 aliphatic carbocycles.